The van der Waals surface area contributed by atoms with Crippen molar-refractivity contribution in [3.8, 4) is 28.5 Å². The van der Waals surface area contributed by atoms with E-state index >= 15 is 0 Å². The summed E-state index contributed by atoms with van der Waals surface area (Å²) in [7, 11) is 4.09. The van der Waals surface area contributed by atoms with Crippen LogP contribution in [0.2, 0.25) is 0 Å². The molecule has 0 atom stereocenters. The molecule has 4 rings (SSSR count). The first-order valence-corrected chi connectivity index (χ1v) is 10.2. The molecule has 31 heavy (non-hydrogen) atoms. The van der Waals surface area contributed by atoms with E-state index in [0.717, 1.165) is 35.0 Å². The normalized spacial score (nSPS) is 11.1. The van der Waals surface area contributed by atoms with Crippen LogP contribution >= 0.6 is 0 Å². The van der Waals surface area contributed by atoms with Crippen molar-refractivity contribution in [2.45, 2.75) is 6.42 Å². The Hall–Kier alpha value is -3.64. The number of fused-ring (bicyclic) bond motifs is 1. The zero-order valence-corrected chi connectivity index (χ0v) is 17.7. The molecule has 0 amide bonds. The van der Waals surface area contributed by atoms with Crippen LogP contribution in [-0.2, 0) is 0 Å². The monoisotopic (exact) mass is 415 g/mol. The van der Waals surface area contributed by atoms with Crippen LogP contribution in [0.15, 0.2) is 77.7 Å². The number of nitrogens with zero attached hydrogens (tertiary/aromatic N) is 2. The van der Waals surface area contributed by atoms with E-state index < -0.39 is 0 Å². The summed E-state index contributed by atoms with van der Waals surface area (Å²) >= 11 is 0. The number of rotatable bonds is 8. The maximum atomic E-state index is 12.0. The summed E-state index contributed by atoms with van der Waals surface area (Å²) in [5.41, 5.74) is 2.47. The molecule has 2 aromatic heterocycles. The van der Waals surface area contributed by atoms with Gasteiger partial charge in [-0.25, -0.2) is 4.98 Å². The molecule has 0 fully saturated rings. The van der Waals surface area contributed by atoms with Gasteiger partial charge in [0.15, 0.2) is 0 Å². The van der Waals surface area contributed by atoms with E-state index in [9.17, 15) is 4.79 Å². The van der Waals surface area contributed by atoms with Crippen LogP contribution in [0, 0.1) is 0 Å². The number of H-pyrrole nitrogens is 1. The van der Waals surface area contributed by atoms with Crippen LogP contribution in [0.4, 0.5) is 0 Å². The highest BCUT2D eigenvalue weighted by Gasteiger charge is 2.07. The minimum atomic E-state index is -0.199. The van der Waals surface area contributed by atoms with Crippen molar-refractivity contribution in [2.75, 3.05) is 27.2 Å². The zero-order valence-electron chi connectivity index (χ0n) is 17.7. The highest BCUT2D eigenvalue weighted by atomic mass is 16.5. The Kier molecular flexibility index (Phi) is 6.29. The Morgan fingerprint density at radius 2 is 1.84 bits per heavy atom. The lowest BCUT2D eigenvalue weighted by Gasteiger charge is -2.11. The minimum absolute atomic E-state index is 0.199. The first kappa shape index (κ1) is 20.6. The molecule has 0 saturated heterocycles. The standard InChI is InChI=1S/C25H25N3O3/c1-28(2)13-6-14-30-25-12-11-19(17-26-25)18-7-5-8-20(15-18)31-23-16-24(29)27-22-10-4-3-9-21(22)23/h3-5,7-12,15-17H,6,13-14H2,1-2H3,(H,27,29). The fourth-order valence-corrected chi connectivity index (χ4v) is 3.32. The van der Waals surface area contributed by atoms with E-state index in [-0.39, 0.29) is 5.56 Å². The van der Waals surface area contributed by atoms with E-state index in [1.807, 2.05) is 74.8 Å². The van der Waals surface area contributed by atoms with Crippen molar-refractivity contribution >= 4 is 10.9 Å². The molecular weight excluding hydrogens is 390 g/mol. The van der Waals surface area contributed by atoms with E-state index in [0.29, 0.717) is 24.0 Å². The van der Waals surface area contributed by atoms with Gasteiger partial charge in [-0.15, -0.1) is 0 Å². The van der Waals surface area contributed by atoms with Crippen molar-refractivity contribution < 1.29 is 9.47 Å². The summed E-state index contributed by atoms with van der Waals surface area (Å²) in [5, 5.41) is 0.852. The summed E-state index contributed by atoms with van der Waals surface area (Å²) in [6.45, 7) is 1.62. The molecule has 2 heterocycles. The fraction of sp³-hybridized carbons (Fsp3) is 0.200. The van der Waals surface area contributed by atoms with Crippen molar-refractivity contribution in [3.63, 3.8) is 0 Å². The predicted octanol–water partition coefficient (Wildman–Crippen LogP) is 4.71. The third-order valence-electron chi connectivity index (χ3n) is 4.84. The summed E-state index contributed by atoms with van der Waals surface area (Å²) in [6, 6.07) is 20.6. The van der Waals surface area contributed by atoms with Gasteiger partial charge in [0.05, 0.1) is 12.1 Å². The Morgan fingerprint density at radius 3 is 2.65 bits per heavy atom. The first-order chi connectivity index (χ1) is 15.1. The molecule has 0 aliphatic carbocycles. The second-order valence-electron chi connectivity index (χ2n) is 7.56. The molecule has 0 aliphatic heterocycles. The van der Waals surface area contributed by atoms with Crippen LogP contribution in [0.5, 0.6) is 17.4 Å². The lowest BCUT2D eigenvalue weighted by molar-refractivity contribution is 0.273. The highest BCUT2D eigenvalue weighted by Crippen LogP contribution is 2.30. The van der Waals surface area contributed by atoms with E-state index in [4.69, 9.17) is 9.47 Å². The van der Waals surface area contributed by atoms with Gasteiger partial charge in [-0.05, 0) is 56.4 Å². The third-order valence-corrected chi connectivity index (χ3v) is 4.84. The highest BCUT2D eigenvalue weighted by molar-refractivity contribution is 5.85. The van der Waals surface area contributed by atoms with Gasteiger partial charge in [-0.3, -0.25) is 4.79 Å². The fourth-order valence-electron chi connectivity index (χ4n) is 3.32. The van der Waals surface area contributed by atoms with Gasteiger partial charge < -0.3 is 19.4 Å². The molecule has 6 nitrogen and oxygen atoms in total. The van der Waals surface area contributed by atoms with Gasteiger partial charge in [0.2, 0.25) is 5.88 Å². The summed E-state index contributed by atoms with van der Waals surface area (Å²) in [6.07, 6.45) is 2.75. The lowest BCUT2D eigenvalue weighted by atomic mass is 10.1. The van der Waals surface area contributed by atoms with Gasteiger partial charge in [0, 0.05) is 35.8 Å². The van der Waals surface area contributed by atoms with Crippen molar-refractivity contribution in [3.05, 3.63) is 83.3 Å². The molecular formula is C25H25N3O3. The Labute approximate surface area is 181 Å². The third kappa shape index (κ3) is 5.29. The number of benzene rings is 2. The van der Waals surface area contributed by atoms with E-state index in [1.54, 1.807) is 6.20 Å². The Balaban J connectivity index is 1.50. The molecule has 4 aromatic rings. The molecule has 1 N–H and O–H groups in total. The minimum Gasteiger partial charge on any atom is -0.478 e. The number of aromatic amines is 1. The summed E-state index contributed by atoms with van der Waals surface area (Å²) < 4.78 is 11.8. The van der Waals surface area contributed by atoms with Crippen molar-refractivity contribution in [1.29, 1.82) is 0 Å². The van der Waals surface area contributed by atoms with Gasteiger partial charge in [-0.1, -0.05) is 24.3 Å². The van der Waals surface area contributed by atoms with Crippen LogP contribution in [0.25, 0.3) is 22.0 Å². The largest absolute Gasteiger partial charge is 0.478 e. The second-order valence-corrected chi connectivity index (χ2v) is 7.56. The molecule has 0 spiro atoms. The van der Waals surface area contributed by atoms with Gasteiger partial charge >= 0.3 is 0 Å². The molecule has 0 saturated carbocycles. The number of hydrogen-bond donors (Lipinski definition) is 1. The van der Waals surface area contributed by atoms with Crippen LogP contribution in [-0.4, -0.2) is 42.1 Å². The number of nitrogens with one attached hydrogen (secondary N) is 1. The predicted molar refractivity (Wildman–Crippen MR) is 123 cm³/mol. The average Bonchev–Trinajstić information content (AvgIpc) is 2.77. The molecule has 0 aliphatic rings. The lowest BCUT2D eigenvalue weighted by Crippen LogP contribution is -2.15. The van der Waals surface area contributed by atoms with E-state index in [1.165, 1.54) is 6.07 Å². The first-order valence-electron chi connectivity index (χ1n) is 10.2. The zero-order chi connectivity index (χ0) is 21.6. The van der Waals surface area contributed by atoms with Gasteiger partial charge in [-0.2, -0.15) is 0 Å². The van der Waals surface area contributed by atoms with Crippen LogP contribution < -0.4 is 15.0 Å². The SMILES string of the molecule is CN(C)CCCOc1ccc(-c2cccc(Oc3cc(=O)[nH]c4ccccc34)c2)cn1. The maximum Gasteiger partial charge on any atom is 0.252 e. The molecule has 0 unspecified atom stereocenters. The average molecular weight is 415 g/mol. The molecule has 158 valence electrons. The molecule has 6 heteroatoms. The van der Waals surface area contributed by atoms with Crippen molar-refractivity contribution in [2.24, 2.45) is 0 Å². The molecule has 0 bridgehead atoms. The van der Waals surface area contributed by atoms with Crippen LogP contribution in [0.3, 0.4) is 0 Å². The summed E-state index contributed by atoms with van der Waals surface area (Å²) in [5.74, 6) is 1.79. The van der Waals surface area contributed by atoms with Crippen molar-refractivity contribution in [1.82, 2.24) is 14.9 Å². The number of pyridine rings is 2. The molecule has 0 radical (unpaired) electrons. The smallest absolute Gasteiger partial charge is 0.252 e. The Bertz CT molecular complexity index is 1220. The Morgan fingerprint density at radius 1 is 0.968 bits per heavy atom. The topological polar surface area (TPSA) is 67.5 Å². The van der Waals surface area contributed by atoms with Crippen LogP contribution in [0.1, 0.15) is 6.42 Å². The summed E-state index contributed by atoms with van der Waals surface area (Å²) in [4.78, 5) is 21.4. The number of hydrogen-bond acceptors (Lipinski definition) is 5. The second kappa shape index (κ2) is 9.45. The number of ether oxygens (including phenoxy) is 2. The molecule has 2 aromatic carbocycles. The van der Waals surface area contributed by atoms with E-state index in [2.05, 4.69) is 14.9 Å². The van der Waals surface area contributed by atoms with Gasteiger partial charge in [0.1, 0.15) is 11.5 Å². The quantitative estimate of drug-likeness (QED) is 0.422. The maximum absolute atomic E-state index is 12.0. The number of para-hydroxylation sites is 1. The number of aromatic nitrogens is 2. The van der Waals surface area contributed by atoms with Gasteiger partial charge in [0.25, 0.3) is 5.56 Å².